The standard InChI is InChI=1S/C23H28O/c1-18(2)8-7-9-19(3)23(17-24)16-20-12-14-22(15-13-20)21-10-5-4-6-11-21/h4-6,10-19H,7-9H2,1-3H3. The monoisotopic (exact) mass is 320 g/mol. The summed E-state index contributed by atoms with van der Waals surface area (Å²) >= 11 is 0. The van der Waals surface area contributed by atoms with Gasteiger partial charge < -0.3 is 0 Å². The van der Waals surface area contributed by atoms with E-state index < -0.39 is 0 Å². The topological polar surface area (TPSA) is 17.1 Å². The Hall–Kier alpha value is -2.15. The summed E-state index contributed by atoms with van der Waals surface area (Å²) in [4.78, 5) is 11.5. The highest BCUT2D eigenvalue weighted by molar-refractivity contribution is 5.82. The molecule has 24 heavy (non-hydrogen) atoms. The van der Waals surface area contributed by atoms with E-state index in [0.717, 1.165) is 29.8 Å². The Morgan fingerprint density at radius 1 is 0.875 bits per heavy atom. The van der Waals surface area contributed by atoms with Crippen LogP contribution in [0.5, 0.6) is 0 Å². The quantitative estimate of drug-likeness (QED) is 0.406. The van der Waals surface area contributed by atoms with Crippen molar-refractivity contribution < 1.29 is 4.79 Å². The molecule has 2 aromatic carbocycles. The number of rotatable bonds is 8. The van der Waals surface area contributed by atoms with E-state index in [1.807, 2.05) is 24.3 Å². The molecular weight excluding hydrogens is 292 g/mol. The maximum atomic E-state index is 11.5. The minimum absolute atomic E-state index is 0.315. The highest BCUT2D eigenvalue weighted by Crippen LogP contribution is 2.23. The van der Waals surface area contributed by atoms with Crippen LogP contribution in [0.1, 0.15) is 45.6 Å². The third-order valence-corrected chi connectivity index (χ3v) is 4.47. The zero-order chi connectivity index (χ0) is 17.4. The summed E-state index contributed by atoms with van der Waals surface area (Å²) in [5.41, 5.74) is 4.40. The van der Waals surface area contributed by atoms with Crippen molar-refractivity contribution in [3.05, 3.63) is 65.7 Å². The Bertz CT molecular complexity index is 650. The molecule has 0 aliphatic rings. The van der Waals surface area contributed by atoms with Gasteiger partial charge in [0.05, 0.1) is 0 Å². The number of allylic oxidation sites excluding steroid dienone is 1. The first-order valence-electron chi connectivity index (χ1n) is 8.92. The van der Waals surface area contributed by atoms with Crippen LogP contribution in [0.15, 0.2) is 60.2 Å². The van der Waals surface area contributed by atoms with Crippen molar-refractivity contribution in [3.63, 3.8) is 0 Å². The van der Waals surface area contributed by atoms with Crippen molar-refractivity contribution in [1.29, 1.82) is 0 Å². The zero-order valence-electron chi connectivity index (χ0n) is 15.0. The van der Waals surface area contributed by atoms with Gasteiger partial charge in [-0.1, -0.05) is 88.2 Å². The molecule has 0 aliphatic carbocycles. The minimum Gasteiger partial charge on any atom is -0.298 e. The molecule has 0 heterocycles. The fraction of sp³-hybridized carbons (Fsp3) is 0.348. The molecule has 0 bridgehead atoms. The summed E-state index contributed by atoms with van der Waals surface area (Å²) in [6.07, 6.45) is 6.52. The molecule has 0 aliphatic heterocycles. The predicted octanol–water partition coefficient (Wildman–Crippen LogP) is 6.40. The van der Waals surface area contributed by atoms with Gasteiger partial charge >= 0.3 is 0 Å². The first-order chi connectivity index (χ1) is 11.6. The summed E-state index contributed by atoms with van der Waals surface area (Å²) in [6, 6.07) is 18.8. The first kappa shape index (κ1) is 18.2. The largest absolute Gasteiger partial charge is 0.298 e. The summed E-state index contributed by atoms with van der Waals surface area (Å²) in [7, 11) is 0. The first-order valence-corrected chi connectivity index (χ1v) is 8.92. The highest BCUT2D eigenvalue weighted by Gasteiger charge is 2.09. The number of benzene rings is 2. The van der Waals surface area contributed by atoms with E-state index in [4.69, 9.17) is 0 Å². The van der Waals surface area contributed by atoms with E-state index in [1.165, 1.54) is 24.0 Å². The Kier molecular flexibility index (Phi) is 6.99. The third-order valence-electron chi connectivity index (χ3n) is 4.47. The van der Waals surface area contributed by atoms with E-state index in [2.05, 4.69) is 57.2 Å². The van der Waals surface area contributed by atoms with Gasteiger partial charge in [-0.15, -0.1) is 0 Å². The zero-order valence-corrected chi connectivity index (χ0v) is 15.0. The molecule has 1 nitrogen and oxygen atoms in total. The molecule has 2 rings (SSSR count). The molecule has 1 heteroatoms. The van der Waals surface area contributed by atoms with Crippen LogP contribution in [-0.2, 0) is 4.79 Å². The predicted molar refractivity (Wildman–Crippen MR) is 104 cm³/mol. The molecule has 0 spiro atoms. The van der Waals surface area contributed by atoms with Gasteiger partial charge in [0.25, 0.3) is 0 Å². The Morgan fingerprint density at radius 3 is 2.08 bits per heavy atom. The van der Waals surface area contributed by atoms with Gasteiger partial charge in [-0.25, -0.2) is 0 Å². The van der Waals surface area contributed by atoms with E-state index in [-0.39, 0.29) is 0 Å². The SMILES string of the molecule is CC(C)CCCC(C)C(C=O)=Cc1ccc(-c2ccccc2)cc1. The molecule has 0 fully saturated rings. The molecule has 2 aromatic rings. The molecule has 1 atom stereocenters. The second-order valence-corrected chi connectivity index (χ2v) is 6.98. The number of aldehydes is 1. The van der Waals surface area contributed by atoms with Crippen molar-refractivity contribution in [1.82, 2.24) is 0 Å². The minimum atomic E-state index is 0.315. The van der Waals surface area contributed by atoms with Gasteiger partial charge in [-0.2, -0.15) is 0 Å². The lowest BCUT2D eigenvalue weighted by atomic mass is 9.92. The lowest BCUT2D eigenvalue weighted by molar-refractivity contribution is -0.105. The van der Waals surface area contributed by atoms with Crippen molar-refractivity contribution in [2.24, 2.45) is 11.8 Å². The molecule has 0 saturated heterocycles. The average Bonchev–Trinajstić information content (AvgIpc) is 2.60. The fourth-order valence-electron chi connectivity index (χ4n) is 2.89. The highest BCUT2D eigenvalue weighted by atomic mass is 16.1. The maximum Gasteiger partial charge on any atom is 0.146 e. The second-order valence-electron chi connectivity index (χ2n) is 6.98. The Balaban J connectivity index is 2.06. The van der Waals surface area contributed by atoms with Crippen LogP contribution in [0.25, 0.3) is 17.2 Å². The summed E-state index contributed by atoms with van der Waals surface area (Å²) < 4.78 is 0. The third kappa shape index (κ3) is 5.49. The lowest BCUT2D eigenvalue weighted by Gasteiger charge is -2.12. The van der Waals surface area contributed by atoms with Crippen LogP contribution in [0.4, 0.5) is 0 Å². The molecule has 126 valence electrons. The maximum absolute atomic E-state index is 11.5. The van der Waals surface area contributed by atoms with Gasteiger partial charge in [0.1, 0.15) is 6.29 Å². The van der Waals surface area contributed by atoms with Crippen LogP contribution >= 0.6 is 0 Å². The normalized spacial score (nSPS) is 13.1. The molecule has 0 amide bonds. The molecule has 0 saturated carbocycles. The second kappa shape index (κ2) is 9.22. The fourth-order valence-corrected chi connectivity index (χ4v) is 2.89. The summed E-state index contributed by atoms with van der Waals surface area (Å²) in [5, 5.41) is 0. The van der Waals surface area contributed by atoms with Gasteiger partial charge in [-0.05, 0) is 46.6 Å². The van der Waals surface area contributed by atoms with Crippen LogP contribution in [-0.4, -0.2) is 6.29 Å². The van der Waals surface area contributed by atoms with E-state index in [1.54, 1.807) is 0 Å². The van der Waals surface area contributed by atoms with Crippen LogP contribution in [0.2, 0.25) is 0 Å². The van der Waals surface area contributed by atoms with E-state index in [9.17, 15) is 4.79 Å². The van der Waals surface area contributed by atoms with Gasteiger partial charge in [-0.3, -0.25) is 4.79 Å². The van der Waals surface area contributed by atoms with Crippen LogP contribution < -0.4 is 0 Å². The lowest BCUT2D eigenvalue weighted by Crippen LogP contribution is -2.02. The summed E-state index contributed by atoms with van der Waals surface area (Å²) in [5.74, 6) is 1.04. The summed E-state index contributed by atoms with van der Waals surface area (Å²) in [6.45, 7) is 6.64. The smallest absolute Gasteiger partial charge is 0.146 e. The van der Waals surface area contributed by atoms with Crippen LogP contribution in [0.3, 0.4) is 0 Å². The molecule has 1 unspecified atom stereocenters. The number of carbonyl (C=O) groups is 1. The van der Waals surface area contributed by atoms with Gasteiger partial charge in [0.2, 0.25) is 0 Å². The van der Waals surface area contributed by atoms with Gasteiger partial charge in [0.15, 0.2) is 0 Å². The van der Waals surface area contributed by atoms with Gasteiger partial charge in [0, 0.05) is 0 Å². The number of hydrogen-bond donors (Lipinski definition) is 0. The molecule has 0 N–H and O–H groups in total. The Labute approximate surface area is 146 Å². The van der Waals surface area contributed by atoms with Crippen molar-refractivity contribution in [2.45, 2.75) is 40.0 Å². The van der Waals surface area contributed by atoms with Crippen molar-refractivity contribution in [3.8, 4) is 11.1 Å². The molecule has 0 aromatic heterocycles. The molecular formula is C23H28O. The molecule has 0 radical (unpaired) electrons. The Morgan fingerprint density at radius 2 is 1.50 bits per heavy atom. The average molecular weight is 320 g/mol. The van der Waals surface area contributed by atoms with Crippen LogP contribution in [0, 0.1) is 11.8 Å². The van der Waals surface area contributed by atoms with E-state index in [0.29, 0.717) is 5.92 Å². The van der Waals surface area contributed by atoms with E-state index >= 15 is 0 Å². The number of hydrogen-bond acceptors (Lipinski definition) is 1. The number of carbonyl (C=O) groups excluding carboxylic acids is 1. The van der Waals surface area contributed by atoms with Crippen molar-refractivity contribution in [2.75, 3.05) is 0 Å². The van der Waals surface area contributed by atoms with Crippen molar-refractivity contribution >= 4 is 12.4 Å².